The maximum atomic E-state index is 14.5. The van der Waals surface area contributed by atoms with Crippen molar-refractivity contribution in [3.05, 3.63) is 83.4 Å². The zero-order valence-corrected chi connectivity index (χ0v) is 24.7. The van der Waals surface area contributed by atoms with Gasteiger partial charge in [-0.05, 0) is 66.8 Å². The van der Waals surface area contributed by atoms with E-state index in [0.717, 1.165) is 16.6 Å². The minimum absolute atomic E-state index is 0.0369. The second-order valence-corrected chi connectivity index (χ2v) is 14.1. The van der Waals surface area contributed by atoms with Gasteiger partial charge in [-0.1, -0.05) is 12.1 Å². The molecule has 42 heavy (non-hydrogen) atoms. The molecule has 5 rings (SSSR count). The molecule has 9 nitrogen and oxygen atoms in total. The summed E-state index contributed by atoms with van der Waals surface area (Å²) in [7, 11) is -5.13. The molecular formula is C29H29F2N3O6S2. The fraction of sp³-hybridized carbons (Fsp3) is 0.276. The molecule has 1 atom stereocenters. The molecule has 2 heterocycles. The van der Waals surface area contributed by atoms with Gasteiger partial charge >= 0.3 is 0 Å². The molecule has 0 spiro atoms. The highest BCUT2D eigenvalue weighted by atomic mass is 32.2. The van der Waals surface area contributed by atoms with Crippen LogP contribution in [0.1, 0.15) is 34.7 Å². The average molecular weight is 618 g/mol. The number of sulfonamides is 2. The summed E-state index contributed by atoms with van der Waals surface area (Å²) in [6.07, 6.45) is 1.99. The fourth-order valence-electron chi connectivity index (χ4n) is 5.29. The van der Waals surface area contributed by atoms with Crippen molar-refractivity contribution in [2.75, 3.05) is 37.7 Å². The lowest BCUT2D eigenvalue weighted by Crippen LogP contribution is -2.40. The lowest BCUT2D eigenvalue weighted by atomic mass is 9.89. The Labute approximate surface area is 242 Å². The Bertz CT molecular complexity index is 1890. The number of carbonyl (C=O) groups excluding carboxylic acids is 1. The molecule has 3 aromatic carbocycles. The van der Waals surface area contributed by atoms with Gasteiger partial charge in [0, 0.05) is 44.2 Å². The van der Waals surface area contributed by atoms with Gasteiger partial charge in [0.25, 0.3) is 5.91 Å². The molecule has 0 aliphatic carbocycles. The Morgan fingerprint density at radius 3 is 2.38 bits per heavy atom. The highest BCUT2D eigenvalue weighted by Gasteiger charge is 2.35. The fourth-order valence-corrected chi connectivity index (χ4v) is 7.39. The summed E-state index contributed by atoms with van der Waals surface area (Å²) in [6.45, 7) is 0.126. The molecule has 0 bridgehead atoms. The highest BCUT2D eigenvalue weighted by Crippen LogP contribution is 2.42. The molecule has 1 N–H and O–H groups in total. The number of hydrogen-bond acceptors (Lipinski definition) is 6. The number of benzene rings is 3. The van der Waals surface area contributed by atoms with Gasteiger partial charge in [0.15, 0.2) is 0 Å². The van der Waals surface area contributed by atoms with E-state index in [2.05, 4.69) is 5.32 Å². The number of halogens is 2. The summed E-state index contributed by atoms with van der Waals surface area (Å²) in [5, 5.41) is 2.97. The zero-order valence-electron chi connectivity index (χ0n) is 23.1. The zero-order chi connectivity index (χ0) is 30.4. The van der Waals surface area contributed by atoms with Crippen molar-refractivity contribution < 1.29 is 34.8 Å². The molecule has 0 unspecified atom stereocenters. The van der Waals surface area contributed by atoms with Gasteiger partial charge < -0.3 is 9.73 Å². The number of furan rings is 1. The average Bonchev–Trinajstić information content (AvgIpc) is 3.34. The van der Waals surface area contributed by atoms with E-state index in [1.165, 1.54) is 66.9 Å². The molecule has 4 aromatic rings. The lowest BCUT2D eigenvalue weighted by Gasteiger charge is -2.34. The molecule has 1 fully saturated rings. The standard InChI is InChI=1S/C29H29F2N3O6S2/c1-32-29(35)27-22-15-21(19-7-6-14-34(17-19)42(38,39)26-9-5-4-8-23(26)31)24(33(2)41(3,36)37)16-25(22)40-28(27)18-10-12-20(30)13-11-18/h4-5,8-13,15-16,19H,6-7,14,17H2,1-3H3,(H,32,35)/t19-/m0/s1. The Kier molecular flexibility index (Phi) is 7.86. The molecule has 0 saturated carbocycles. The predicted molar refractivity (Wildman–Crippen MR) is 155 cm³/mol. The molecule has 1 saturated heterocycles. The number of amides is 1. The van der Waals surface area contributed by atoms with Gasteiger partial charge in [-0.15, -0.1) is 0 Å². The van der Waals surface area contributed by atoms with E-state index in [-0.39, 0.29) is 35.7 Å². The van der Waals surface area contributed by atoms with Crippen LogP contribution in [0.5, 0.6) is 0 Å². The SMILES string of the molecule is CNC(=O)c1c(-c2ccc(F)cc2)oc2cc(N(C)S(C)(=O)=O)c([C@H]3CCCN(S(=O)(=O)c4ccccc4F)C3)cc12. The first-order valence-corrected chi connectivity index (χ1v) is 16.4. The van der Waals surface area contributed by atoms with Crippen LogP contribution in [0, 0.1) is 11.6 Å². The van der Waals surface area contributed by atoms with Crippen LogP contribution in [0.15, 0.2) is 70.0 Å². The van der Waals surface area contributed by atoms with Crippen LogP contribution in [0.4, 0.5) is 14.5 Å². The summed E-state index contributed by atoms with van der Waals surface area (Å²) >= 11 is 0. The highest BCUT2D eigenvalue weighted by molar-refractivity contribution is 7.92. The van der Waals surface area contributed by atoms with Crippen molar-refractivity contribution >= 4 is 42.6 Å². The van der Waals surface area contributed by atoms with Crippen LogP contribution >= 0.6 is 0 Å². The second-order valence-electron chi connectivity index (χ2n) is 10.2. The summed E-state index contributed by atoms with van der Waals surface area (Å²) in [6, 6.07) is 13.7. The van der Waals surface area contributed by atoms with Crippen molar-refractivity contribution in [1.82, 2.24) is 9.62 Å². The monoisotopic (exact) mass is 617 g/mol. The lowest BCUT2D eigenvalue weighted by molar-refractivity contribution is 0.0964. The van der Waals surface area contributed by atoms with E-state index in [4.69, 9.17) is 4.42 Å². The maximum absolute atomic E-state index is 14.5. The van der Waals surface area contributed by atoms with Gasteiger partial charge in [0.1, 0.15) is 27.9 Å². The molecule has 1 aliphatic rings. The van der Waals surface area contributed by atoms with E-state index in [1.807, 2.05) is 0 Å². The Balaban J connectivity index is 1.69. The second kappa shape index (κ2) is 11.1. The molecule has 13 heteroatoms. The molecule has 1 aromatic heterocycles. The Morgan fingerprint density at radius 1 is 1.05 bits per heavy atom. The summed E-state index contributed by atoms with van der Waals surface area (Å²) in [5.74, 6) is -2.13. The van der Waals surface area contributed by atoms with Gasteiger partial charge in [0.05, 0.1) is 17.5 Å². The topological polar surface area (TPSA) is 117 Å². The Morgan fingerprint density at radius 2 is 1.74 bits per heavy atom. The first-order chi connectivity index (χ1) is 19.8. The predicted octanol–water partition coefficient (Wildman–Crippen LogP) is 4.70. The van der Waals surface area contributed by atoms with Crippen LogP contribution in [-0.4, -0.2) is 60.5 Å². The number of nitrogens with one attached hydrogen (secondary N) is 1. The van der Waals surface area contributed by atoms with Gasteiger partial charge in [-0.3, -0.25) is 9.10 Å². The van der Waals surface area contributed by atoms with Crippen molar-refractivity contribution in [2.24, 2.45) is 0 Å². The van der Waals surface area contributed by atoms with E-state index < -0.39 is 48.4 Å². The molecule has 0 radical (unpaired) electrons. The van der Waals surface area contributed by atoms with E-state index in [0.29, 0.717) is 29.4 Å². The number of hydrogen-bond donors (Lipinski definition) is 1. The third-order valence-electron chi connectivity index (χ3n) is 7.51. The molecular weight excluding hydrogens is 588 g/mol. The largest absolute Gasteiger partial charge is 0.455 e. The normalized spacial score (nSPS) is 16.5. The third-order valence-corrected chi connectivity index (χ3v) is 10.6. The smallest absolute Gasteiger partial charge is 0.255 e. The summed E-state index contributed by atoms with van der Waals surface area (Å²) < 4.78 is 88.7. The van der Waals surface area contributed by atoms with Crippen LogP contribution in [0.2, 0.25) is 0 Å². The molecule has 222 valence electrons. The van der Waals surface area contributed by atoms with Crippen LogP contribution in [0.3, 0.4) is 0 Å². The minimum atomic E-state index is -4.19. The third kappa shape index (κ3) is 5.39. The summed E-state index contributed by atoms with van der Waals surface area (Å²) in [5.41, 5.74) is 1.56. The van der Waals surface area contributed by atoms with Crippen LogP contribution in [0.25, 0.3) is 22.3 Å². The minimum Gasteiger partial charge on any atom is -0.455 e. The van der Waals surface area contributed by atoms with E-state index in [9.17, 15) is 30.4 Å². The first-order valence-electron chi connectivity index (χ1n) is 13.1. The van der Waals surface area contributed by atoms with Crippen molar-refractivity contribution in [1.29, 1.82) is 0 Å². The van der Waals surface area contributed by atoms with E-state index in [1.54, 1.807) is 6.07 Å². The van der Waals surface area contributed by atoms with Crippen molar-refractivity contribution in [2.45, 2.75) is 23.7 Å². The number of piperidine rings is 1. The van der Waals surface area contributed by atoms with Crippen molar-refractivity contribution in [3.8, 4) is 11.3 Å². The van der Waals surface area contributed by atoms with Gasteiger partial charge in [-0.25, -0.2) is 25.6 Å². The quantitative estimate of drug-likeness (QED) is 0.321. The number of fused-ring (bicyclic) bond motifs is 1. The molecule has 1 aliphatic heterocycles. The van der Waals surface area contributed by atoms with Crippen LogP contribution in [-0.2, 0) is 20.0 Å². The number of anilines is 1. The van der Waals surface area contributed by atoms with Gasteiger partial charge in [0.2, 0.25) is 20.0 Å². The molecule has 1 amide bonds. The maximum Gasteiger partial charge on any atom is 0.255 e. The van der Waals surface area contributed by atoms with Crippen molar-refractivity contribution in [3.63, 3.8) is 0 Å². The Hall–Kier alpha value is -3.81. The van der Waals surface area contributed by atoms with Gasteiger partial charge in [-0.2, -0.15) is 4.31 Å². The van der Waals surface area contributed by atoms with Crippen LogP contribution < -0.4 is 9.62 Å². The first kappa shape index (κ1) is 29.7. The summed E-state index contributed by atoms with van der Waals surface area (Å²) in [4.78, 5) is 12.7. The number of rotatable bonds is 7. The number of nitrogens with zero attached hydrogens (tertiary/aromatic N) is 2. The number of carbonyl (C=O) groups is 1. The van der Waals surface area contributed by atoms with E-state index >= 15 is 0 Å².